The number of nitro groups is 1. The summed E-state index contributed by atoms with van der Waals surface area (Å²) < 4.78 is 10.9. The number of rotatable bonds is 6. The van der Waals surface area contributed by atoms with Gasteiger partial charge < -0.3 is 9.47 Å². The van der Waals surface area contributed by atoms with Crippen LogP contribution in [0.5, 0.6) is 11.5 Å². The Morgan fingerprint density at radius 3 is 2.74 bits per heavy atom. The predicted octanol–water partition coefficient (Wildman–Crippen LogP) is 3.77. The lowest BCUT2D eigenvalue weighted by Crippen LogP contribution is -2.11. The highest BCUT2D eigenvalue weighted by Gasteiger charge is 2.13. The number of benzene rings is 1. The molecule has 0 aromatic heterocycles. The Labute approximate surface area is 116 Å². The predicted molar refractivity (Wildman–Crippen MR) is 74.4 cm³/mol. The van der Waals surface area contributed by atoms with Crippen molar-refractivity contribution in [1.82, 2.24) is 0 Å². The normalized spacial score (nSPS) is 12.4. The third-order valence-corrected chi connectivity index (χ3v) is 2.82. The molecule has 0 aliphatic heterocycles. The van der Waals surface area contributed by atoms with E-state index in [1.165, 1.54) is 13.2 Å². The van der Waals surface area contributed by atoms with E-state index in [9.17, 15) is 10.1 Å². The molecule has 1 aromatic rings. The van der Waals surface area contributed by atoms with Crippen LogP contribution in [0.2, 0.25) is 5.02 Å². The number of halogens is 1. The van der Waals surface area contributed by atoms with Gasteiger partial charge in [-0.05, 0) is 31.0 Å². The zero-order valence-electron chi connectivity index (χ0n) is 11.1. The van der Waals surface area contributed by atoms with Crippen LogP contribution >= 0.6 is 11.6 Å². The van der Waals surface area contributed by atoms with Crippen molar-refractivity contribution < 1.29 is 14.4 Å². The smallest absolute Gasteiger partial charge is 0.235 e. The Kier molecular flexibility index (Phi) is 5.63. The van der Waals surface area contributed by atoms with Crippen LogP contribution in [0.15, 0.2) is 18.3 Å². The van der Waals surface area contributed by atoms with Crippen molar-refractivity contribution in [2.75, 3.05) is 7.11 Å². The summed E-state index contributed by atoms with van der Waals surface area (Å²) in [6.45, 7) is 3.93. The number of hydrogen-bond acceptors (Lipinski definition) is 4. The molecule has 0 N–H and O–H groups in total. The molecule has 0 aliphatic rings. The standard InChI is InChI=1S/C13H16ClNO4/c1-4-9(2)19-13-11(14)7-10(5-6-15(16)17)8-12(13)18-3/h5-9H,4H2,1-3H3/b6-5+/t9-/m0/s1. The van der Waals surface area contributed by atoms with E-state index >= 15 is 0 Å². The lowest BCUT2D eigenvalue weighted by Gasteiger charge is -2.17. The van der Waals surface area contributed by atoms with Crippen LogP contribution in [-0.2, 0) is 0 Å². The van der Waals surface area contributed by atoms with Crippen molar-refractivity contribution >= 4 is 17.7 Å². The van der Waals surface area contributed by atoms with E-state index in [-0.39, 0.29) is 6.10 Å². The summed E-state index contributed by atoms with van der Waals surface area (Å²) in [5.74, 6) is 0.910. The largest absolute Gasteiger partial charge is 0.493 e. The van der Waals surface area contributed by atoms with Gasteiger partial charge in [0, 0.05) is 6.08 Å². The molecule has 19 heavy (non-hydrogen) atoms. The Balaban J connectivity index is 3.10. The average Bonchev–Trinajstić information content (AvgIpc) is 2.38. The van der Waals surface area contributed by atoms with Gasteiger partial charge in [-0.15, -0.1) is 0 Å². The van der Waals surface area contributed by atoms with E-state index in [1.807, 2.05) is 13.8 Å². The fourth-order valence-electron chi connectivity index (χ4n) is 1.38. The van der Waals surface area contributed by atoms with E-state index in [0.29, 0.717) is 22.1 Å². The molecule has 1 aromatic carbocycles. The molecule has 1 rings (SSSR count). The van der Waals surface area contributed by atoms with E-state index < -0.39 is 4.92 Å². The van der Waals surface area contributed by atoms with Gasteiger partial charge in [0.15, 0.2) is 11.5 Å². The number of methoxy groups -OCH3 is 1. The van der Waals surface area contributed by atoms with Gasteiger partial charge in [0.05, 0.1) is 23.2 Å². The summed E-state index contributed by atoms with van der Waals surface area (Å²) in [7, 11) is 1.50. The SMILES string of the molecule is CC[C@H](C)Oc1c(Cl)cc(/C=C/[N+](=O)[O-])cc1OC. The maximum absolute atomic E-state index is 10.3. The highest BCUT2D eigenvalue weighted by Crippen LogP contribution is 2.37. The van der Waals surface area contributed by atoms with Crippen molar-refractivity contribution in [2.24, 2.45) is 0 Å². The minimum Gasteiger partial charge on any atom is -0.493 e. The van der Waals surface area contributed by atoms with Crippen LogP contribution in [0.3, 0.4) is 0 Å². The second-order valence-corrected chi connectivity index (χ2v) is 4.38. The maximum atomic E-state index is 10.3. The Bertz CT molecular complexity index is 488. The molecule has 0 spiro atoms. The second-order valence-electron chi connectivity index (χ2n) is 3.97. The Hall–Kier alpha value is -1.75. The molecule has 0 radical (unpaired) electrons. The number of hydrogen-bond donors (Lipinski definition) is 0. The third kappa shape index (κ3) is 4.44. The zero-order chi connectivity index (χ0) is 14.4. The fourth-order valence-corrected chi connectivity index (χ4v) is 1.65. The number of nitrogens with zero attached hydrogens (tertiary/aromatic N) is 1. The van der Waals surface area contributed by atoms with Gasteiger partial charge in [-0.25, -0.2) is 0 Å². The van der Waals surface area contributed by atoms with Crippen molar-refractivity contribution in [3.63, 3.8) is 0 Å². The summed E-state index contributed by atoms with van der Waals surface area (Å²) in [6.07, 6.45) is 3.04. The van der Waals surface area contributed by atoms with Gasteiger partial charge >= 0.3 is 0 Å². The lowest BCUT2D eigenvalue weighted by atomic mass is 10.2. The molecular weight excluding hydrogens is 270 g/mol. The average molecular weight is 286 g/mol. The van der Waals surface area contributed by atoms with Crippen molar-refractivity contribution in [3.8, 4) is 11.5 Å². The summed E-state index contributed by atoms with van der Waals surface area (Å²) in [5, 5.41) is 10.7. The van der Waals surface area contributed by atoms with Gasteiger partial charge in [-0.2, -0.15) is 0 Å². The van der Waals surface area contributed by atoms with Gasteiger partial charge in [0.2, 0.25) is 6.20 Å². The van der Waals surface area contributed by atoms with Crippen LogP contribution in [0, 0.1) is 10.1 Å². The molecule has 0 saturated carbocycles. The first-order valence-electron chi connectivity index (χ1n) is 5.83. The molecule has 0 amide bonds. The summed E-state index contributed by atoms with van der Waals surface area (Å²) in [4.78, 5) is 9.76. The Morgan fingerprint density at radius 2 is 2.21 bits per heavy atom. The van der Waals surface area contributed by atoms with Crippen molar-refractivity contribution in [2.45, 2.75) is 26.4 Å². The van der Waals surface area contributed by atoms with E-state index in [4.69, 9.17) is 21.1 Å². The molecule has 0 unspecified atom stereocenters. The molecule has 104 valence electrons. The molecule has 0 heterocycles. The molecule has 0 saturated heterocycles. The van der Waals surface area contributed by atoms with Gasteiger partial charge in [-0.1, -0.05) is 18.5 Å². The molecule has 6 heteroatoms. The quantitative estimate of drug-likeness (QED) is 0.589. The summed E-state index contributed by atoms with van der Waals surface area (Å²) >= 11 is 6.12. The molecule has 0 bridgehead atoms. The fraction of sp³-hybridized carbons (Fsp3) is 0.385. The highest BCUT2D eigenvalue weighted by molar-refractivity contribution is 6.32. The van der Waals surface area contributed by atoms with Gasteiger partial charge in [0.25, 0.3) is 0 Å². The third-order valence-electron chi connectivity index (χ3n) is 2.53. The van der Waals surface area contributed by atoms with Gasteiger partial charge in [-0.3, -0.25) is 10.1 Å². The van der Waals surface area contributed by atoms with Crippen molar-refractivity contribution in [3.05, 3.63) is 39.0 Å². The van der Waals surface area contributed by atoms with Crippen LogP contribution in [0.1, 0.15) is 25.8 Å². The monoisotopic (exact) mass is 285 g/mol. The molecule has 5 nitrogen and oxygen atoms in total. The summed E-state index contributed by atoms with van der Waals surface area (Å²) in [6, 6.07) is 3.24. The van der Waals surface area contributed by atoms with E-state index in [0.717, 1.165) is 12.6 Å². The van der Waals surface area contributed by atoms with Crippen LogP contribution in [0.4, 0.5) is 0 Å². The van der Waals surface area contributed by atoms with E-state index in [1.54, 1.807) is 12.1 Å². The first-order valence-corrected chi connectivity index (χ1v) is 6.21. The zero-order valence-corrected chi connectivity index (χ0v) is 11.8. The summed E-state index contributed by atoms with van der Waals surface area (Å²) in [5.41, 5.74) is 0.579. The molecule has 0 aliphatic carbocycles. The van der Waals surface area contributed by atoms with Crippen molar-refractivity contribution in [1.29, 1.82) is 0 Å². The van der Waals surface area contributed by atoms with Crippen LogP contribution < -0.4 is 9.47 Å². The Morgan fingerprint density at radius 1 is 1.53 bits per heavy atom. The second kappa shape index (κ2) is 6.99. The molecule has 0 fully saturated rings. The minimum atomic E-state index is -0.538. The topological polar surface area (TPSA) is 61.6 Å². The van der Waals surface area contributed by atoms with Crippen LogP contribution in [-0.4, -0.2) is 18.1 Å². The molecular formula is C13H16ClNO4. The minimum absolute atomic E-state index is 0.00608. The number of ether oxygens (including phenoxy) is 2. The molecule has 1 atom stereocenters. The maximum Gasteiger partial charge on any atom is 0.235 e. The lowest BCUT2D eigenvalue weighted by molar-refractivity contribution is -0.400. The first kappa shape index (κ1) is 15.3. The highest BCUT2D eigenvalue weighted by atomic mass is 35.5. The first-order chi connectivity index (χ1) is 8.97. The van der Waals surface area contributed by atoms with Gasteiger partial charge in [0.1, 0.15) is 0 Å². The van der Waals surface area contributed by atoms with Crippen LogP contribution in [0.25, 0.3) is 6.08 Å². The van der Waals surface area contributed by atoms with E-state index in [2.05, 4.69) is 0 Å².